The van der Waals surface area contributed by atoms with Gasteiger partial charge in [0.25, 0.3) is 0 Å². The number of carbonyl (C=O) groups is 1. The van der Waals surface area contributed by atoms with Crippen molar-refractivity contribution in [2.45, 2.75) is 37.8 Å². The third-order valence-corrected chi connectivity index (χ3v) is 5.02. The van der Waals surface area contributed by atoms with Gasteiger partial charge < -0.3 is 10.2 Å². The number of fused-ring (bicyclic) bond motifs is 2. The van der Waals surface area contributed by atoms with Crippen LogP contribution in [0.5, 0.6) is 0 Å². The molecule has 0 radical (unpaired) electrons. The largest absolute Gasteiger partial charge is 0.335 e. The van der Waals surface area contributed by atoms with E-state index in [1.807, 2.05) is 6.07 Å². The van der Waals surface area contributed by atoms with E-state index < -0.39 is 0 Å². The number of hydrogen-bond donors (Lipinski definition) is 1. The SMILES string of the molecule is O=C(Cc1ccc(Cl)c(Cl)c1)N1C2CCNCC1CC2. The summed E-state index contributed by atoms with van der Waals surface area (Å²) in [6.07, 6.45) is 3.72. The van der Waals surface area contributed by atoms with Gasteiger partial charge in [-0.1, -0.05) is 29.3 Å². The van der Waals surface area contributed by atoms with Gasteiger partial charge in [0.05, 0.1) is 16.5 Å². The molecule has 0 spiro atoms. The van der Waals surface area contributed by atoms with Crippen molar-refractivity contribution in [3.05, 3.63) is 33.8 Å². The van der Waals surface area contributed by atoms with E-state index in [0.717, 1.165) is 37.9 Å². The highest BCUT2D eigenvalue weighted by atomic mass is 35.5. The second-order valence-corrected chi connectivity index (χ2v) is 6.42. The van der Waals surface area contributed by atoms with E-state index in [9.17, 15) is 4.79 Å². The van der Waals surface area contributed by atoms with Gasteiger partial charge in [0, 0.05) is 18.6 Å². The monoisotopic (exact) mass is 312 g/mol. The molecule has 3 nitrogen and oxygen atoms in total. The number of halogens is 2. The minimum atomic E-state index is 0.208. The lowest BCUT2D eigenvalue weighted by atomic mass is 10.1. The molecule has 108 valence electrons. The molecule has 1 N–H and O–H groups in total. The topological polar surface area (TPSA) is 32.3 Å². The standard InChI is InChI=1S/C15H18Cl2N2O/c16-13-4-1-10(7-14(13)17)8-15(20)19-11-2-3-12(19)9-18-6-5-11/h1,4,7,11-12,18H,2-3,5-6,8-9H2. The Bertz CT molecular complexity index is 507. The molecule has 1 amide bonds. The van der Waals surface area contributed by atoms with Crippen molar-refractivity contribution in [2.75, 3.05) is 13.1 Å². The molecular formula is C15H18Cl2N2O. The van der Waals surface area contributed by atoms with Crippen LogP contribution in [0.3, 0.4) is 0 Å². The van der Waals surface area contributed by atoms with Crippen molar-refractivity contribution >= 4 is 29.1 Å². The molecule has 2 saturated heterocycles. The fourth-order valence-corrected chi connectivity index (χ4v) is 3.63. The molecule has 0 aliphatic carbocycles. The van der Waals surface area contributed by atoms with Crippen molar-refractivity contribution in [1.82, 2.24) is 10.2 Å². The van der Waals surface area contributed by atoms with Crippen LogP contribution in [0.1, 0.15) is 24.8 Å². The molecule has 2 unspecified atom stereocenters. The van der Waals surface area contributed by atoms with E-state index in [0.29, 0.717) is 28.5 Å². The Labute approximate surface area is 129 Å². The van der Waals surface area contributed by atoms with Crippen LogP contribution < -0.4 is 5.32 Å². The fourth-order valence-electron chi connectivity index (χ4n) is 3.31. The summed E-state index contributed by atoms with van der Waals surface area (Å²) in [6, 6.07) is 6.19. The number of carbonyl (C=O) groups excluding carboxylic acids is 1. The van der Waals surface area contributed by atoms with Gasteiger partial charge in [0.15, 0.2) is 0 Å². The molecule has 20 heavy (non-hydrogen) atoms. The van der Waals surface area contributed by atoms with Gasteiger partial charge in [0.2, 0.25) is 5.91 Å². The molecule has 2 bridgehead atoms. The lowest BCUT2D eigenvalue weighted by molar-refractivity contribution is -0.133. The highest BCUT2D eigenvalue weighted by Crippen LogP contribution is 2.29. The minimum absolute atomic E-state index is 0.208. The molecule has 1 aromatic carbocycles. The average molecular weight is 313 g/mol. The maximum absolute atomic E-state index is 12.6. The predicted molar refractivity (Wildman–Crippen MR) is 81.3 cm³/mol. The smallest absolute Gasteiger partial charge is 0.227 e. The summed E-state index contributed by atoms with van der Waals surface area (Å²) in [5.41, 5.74) is 0.931. The third-order valence-electron chi connectivity index (χ3n) is 4.28. The van der Waals surface area contributed by atoms with Crippen LogP contribution in [-0.4, -0.2) is 36.0 Å². The van der Waals surface area contributed by atoms with Crippen molar-refractivity contribution in [3.63, 3.8) is 0 Å². The fraction of sp³-hybridized carbons (Fsp3) is 0.533. The summed E-state index contributed by atoms with van der Waals surface area (Å²) in [6.45, 7) is 1.93. The molecule has 2 fully saturated rings. The van der Waals surface area contributed by atoms with Crippen LogP contribution in [0.4, 0.5) is 0 Å². The first-order valence-corrected chi connectivity index (χ1v) is 7.86. The van der Waals surface area contributed by atoms with E-state index in [-0.39, 0.29) is 5.91 Å². The number of rotatable bonds is 2. The Hall–Kier alpha value is -0.770. The van der Waals surface area contributed by atoms with Gasteiger partial charge in [-0.05, 0) is 43.5 Å². The Morgan fingerprint density at radius 3 is 2.80 bits per heavy atom. The summed E-state index contributed by atoms with van der Waals surface area (Å²) in [5.74, 6) is 0.208. The molecule has 3 rings (SSSR count). The highest BCUT2D eigenvalue weighted by molar-refractivity contribution is 6.42. The number of nitrogens with one attached hydrogen (secondary N) is 1. The van der Waals surface area contributed by atoms with Gasteiger partial charge in [-0.3, -0.25) is 4.79 Å². The molecule has 0 aromatic heterocycles. The molecule has 0 saturated carbocycles. The zero-order chi connectivity index (χ0) is 14.1. The van der Waals surface area contributed by atoms with Crippen LogP contribution in [0.2, 0.25) is 10.0 Å². The first-order chi connectivity index (χ1) is 9.65. The number of nitrogens with zero attached hydrogens (tertiary/aromatic N) is 1. The lowest BCUT2D eigenvalue weighted by Gasteiger charge is -2.28. The van der Waals surface area contributed by atoms with Gasteiger partial charge in [-0.2, -0.15) is 0 Å². The normalized spacial score (nSPS) is 25.6. The van der Waals surface area contributed by atoms with Gasteiger partial charge in [-0.15, -0.1) is 0 Å². The maximum atomic E-state index is 12.6. The van der Waals surface area contributed by atoms with E-state index in [4.69, 9.17) is 23.2 Å². The van der Waals surface area contributed by atoms with Gasteiger partial charge in [0.1, 0.15) is 0 Å². The summed E-state index contributed by atoms with van der Waals surface area (Å²) in [7, 11) is 0. The quantitative estimate of drug-likeness (QED) is 0.910. The number of hydrogen-bond acceptors (Lipinski definition) is 2. The van der Waals surface area contributed by atoms with E-state index in [1.165, 1.54) is 0 Å². The van der Waals surface area contributed by atoms with Gasteiger partial charge in [-0.25, -0.2) is 0 Å². The first kappa shape index (κ1) is 14.2. The molecule has 2 aliphatic heterocycles. The molecule has 2 atom stereocenters. The second kappa shape index (κ2) is 5.92. The Balaban J connectivity index is 1.73. The van der Waals surface area contributed by atoms with E-state index >= 15 is 0 Å². The van der Waals surface area contributed by atoms with Crippen LogP contribution in [0.15, 0.2) is 18.2 Å². The number of benzene rings is 1. The molecular weight excluding hydrogens is 295 g/mol. The van der Waals surface area contributed by atoms with E-state index in [1.54, 1.807) is 12.1 Å². The minimum Gasteiger partial charge on any atom is -0.335 e. The summed E-state index contributed by atoms with van der Waals surface area (Å²) < 4.78 is 0. The van der Waals surface area contributed by atoms with Crippen molar-refractivity contribution < 1.29 is 4.79 Å². The maximum Gasteiger partial charge on any atom is 0.227 e. The van der Waals surface area contributed by atoms with Crippen molar-refractivity contribution in [2.24, 2.45) is 0 Å². The Morgan fingerprint density at radius 1 is 1.20 bits per heavy atom. The summed E-state index contributed by atoms with van der Waals surface area (Å²) in [5, 5.41) is 4.45. The zero-order valence-corrected chi connectivity index (χ0v) is 12.8. The van der Waals surface area contributed by atoms with Crippen molar-refractivity contribution in [3.8, 4) is 0 Å². The van der Waals surface area contributed by atoms with Crippen LogP contribution in [0, 0.1) is 0 Å². The number of amides is 1. The van der Waals surface area contributed by atoms with Crippen LogP contribution in [0.25, 0.3) is 0 Å². The zero-order valence-electron chi connectivity index (χ0n) is 11.2. The predicted octanol–water partition coefficient (Wildman–Crippen LogP) is 2.89. The lowest BCUT2D eigenvalue weighted by Crippen LogP contribution is -2.43. The first-order valence-electron chi connectivity index (χ1n) is 7.11. The highest BCUT2D eigenvalue weighted by Gasteiger charge is 2.37. The molecule has 1 aromatic rings. The van der Waals surface area contributed by atoms with Gasteiger partial charge >= 0.3 is 0 Å². The Kier molecular flexibility index (Phi) is 4.20. The summed E-state index contributed by atoms with van der Waals surface area (Å²) in [4.78, 5) is 14.7. The third kappa shape index (κ3) is 2.80. The van der Waals surface area contributed by atoms with Crippen LogP contribution >= 0.6 is 23.2 Å². The second-order valence-electron chi connectivity index (χ2n) is 5.60. The summed E-state index contributed by atoms with van der Waals surface area (Å²) >= 11 is 11.9. The van der Waals surface area contributed by atoms with Crippen molar-refractivity contribution in [1.29, 1.82) is 0 Å². The van der Waals surface area contributed by atoms with Crippen LogP contribution in [-0.2, 0) is 11.2 Å². The molecule has 5 heteroatoms. The molecule has 2 heterocycles. The molecule has 2 aliphatic rings. The Morgan fingerprint density at radius 2 is 2.00 bits per heavy atom. The van der Waals surface area contributed by atoms with E-state index in [2.05, 4.69) is 10.2 Å². The average Bonchev–Trinajstić information content (AvgIpc) is 2.67.